The van der Waals surface area contributed by atoms with Gasteiger partial charge in [-0.05, 0) is 19.4 Å². The largest absolute Gasteiger partial charge is 0.379 e. The Morgan fingerprint density at radius 2 is 1.90 bits per heavy atom. The van der Waals surface area contributed by atoms with E-state index < -0.39 is 0 Å². The lowest BCUT2D eigenvalue weighted by molar-refractivity contribution is 0.0198. The Kier molecular flexibility index (Phi) is 4.31. The maximum Gasteiger partial charge on any atom is 0.158 e. The van der Waals surface area contributed by atoms with Crippen molar-refractivity contribution in [2.45, 2.75) is 26.4 Å². The minimum atomic E-state index is 0.423. The second-order valence-electron chi connectivity index (χ2n) is 5.35. The van der Waals surface area contributed by atoms with E-state index in [1.807, 2.05) is 4.68 Å². The first-order valence-electron chi connectivity index (χ1n) is 7.59. The smallest absolute Gasteiger partial charge is 0.158 e. The standard InChI is InChI=1S/C16H22N4O/c1-3-20-16(17-12-18-20)15-6-4-14(5-7-15)13(2)19-8-10-21-11-9-19/h4-7,12-13H,3,8-11H2,1-2H3. The molecule has 0 amide bonds. The first-order valence-corrected chi connectivity index (χ1v) is 7.59. The van der Waals surface area contributed by atoms with Gasteiger partial charge in [0.1, 0.15) is 6.33 Å². The number of aromatic nitrogens is 3. The highest BCUT2D eigenvalue weighted by molar-refractivity contribution is 5.55. The number of hydrogen-bond acceptors (Lipinski definition) is 4. The summed E-state index contributed by atoms with van der Waals surface area (Å²) in [5, 5.41) is 4.23. The van der Waals surface area contributed by atoms with Crippen molar-refractivity contribution in [3.05, 3.63) is 36.2 Å². The van der Waals surface area contributed by atoms with Crippen LogP contribution in [-0.2, 0) is 11.3 Å². The molecule has 2 heterocycles. The van der Waals surface area contributed by atoms with Crippen LogP contribution in [0.5, 0.6) is 0 Å². The number of ether oxygens (including phenoxy) is 1. The highest BCUT2D eigenvalue weighted by atomic mass is 16.5. The normalized spacial score (nSPS) is 17.8. The summed E-state index contributed by atoms with van der Waals surface area (Å²) < 4.78 is 7.34. The minimum Gasteiger partial charge on any atom is -0.379 e. The van der Waals surface area contributed by atoms with Gasteiger partial charge in [0.25, 0.3) is 0 Å². The molecular formula is C16H22N4O. The Hall–Kier alpha value is -1.72. The summed E-state index contributed by atoms with van der Waals surface area (Å²) in [6.07, 6.45) is 1.61. The van der Waals surface area contributed by atoms with Gasteiger partial charge in [-0.1, -0.05) is 24.3 Å². The summed E-state index contributed by atoms with van der Waals surface area (Å²) >= 11 is 0. The van der Waals surface area contributed by atoms with Gasteiger partial charge >= 0.3 is 0 Å². The number of hydrogen-bond donors (Lipinski definition) is 0. The van der Waals surface area contributed by atoms with Gasteiger partial charge in [0.2, 0.25) is 0 Å². The summed E-state index contributed by atoms with van der Waals surface area (Å²) in [5.74, 6) is 0.933. The van der Waals surface area contributed by atoms with Crippen LogP contribution in [0.1, 0.15) is 25.5 Å². The molecule has 5 heteroatoms. The zero-order valence-electron chi connectivity index (χ0n) is 12.7. The van der Waals surface area contributed by atoms with Gasteiger partial charge in [0.15, 0.2) is 5.82 Å². The van der Waals surface area contributed by atoms with Crippen LogP contribution in [0, 0.1) is 0 Å². The zero-order chi connectivity index (χ0) is 14.7. The molecule has 1 fully saturated rings. The third-order valence-electron chi connectivity index (χ3n) is 4.16. The second-order valence-corrected chi connectivity index (χ2v) is 5.35. The van der Waals surface area contributed by atoms with E-state index in [1.165, 1.54) is 5.56 Å². The summed E-state index contributed by atoms with van der Waals surface area (Å²) in [6.45, 7) is 8.85. The molecule has 1 unspecified atom stereocenters. The lowest BCUT2D eigenvalue weighted by Gasteiger charge is -2.32. The first-order chi connectivity index (χ1) is 10.3. The Bertz CT molecular complexity index is 572. The Labute approximate surface area is 125 Å². The molecule has 1 atom stereocenters. The Balaban J connectivity index is 1.77. The molecule has 0 N–H and O–H groups in total. The quantitative estimate of drug-likeness (QED) is 0.865. The molecule has 3 rings (SSSR count). The molecule has 0 aliphatic carbocycles. The summed E-state index contributed by atoms with van der Waals surface area (Å²) in [7, 11) is 0. The molecule has 2 aromatic rings. The lowest BCUT2D eigenvalue weighted by atomic mass is 10.0. The van der Waals surface area contributed by atoms with Gasteiger partial charge in [-0.3, -0.25) is 4.90 Å². The van der Waals surface area contributed by atoms with E-state index >= 15 is 0 Å². The Morgan fingerprint density at radius 1 is 1.19 bits per heavy atom. The molecular weight excluding hydrogens is 264 g/mol. The molecule has 1 aliphatic heterocycles. The van der Waals surface area contributed by atoms with Crippen LogP contribution in [-0.4, -0.2) is 46.0 Å². The minimum absolute atomic E-state index is 0.423. The first kappa shape index (κ1) is 14.2. The van der Waals surface area contributed by atoms with Crippen molar-refractivity contribution in [1.29, 1.82) is 0 Å². The number of morpholine rings is 1. The third-order valence-corrected chi connectivity index (χ3v) is 4.16. The molecule has 0 radical (unpaired) electrons. The SMILES string of the molecule is CCn1ncnc1-c1ccc(C(C)N2CCOCC2)cc1. The molecule has 21 heavy (non-hydrogen) atoms. The van der Waals surface area contributed by atoms with Crippen molar-refractivity contribution in [3.63, 3.8) is 0 Å². The predicted molar refractivity (Wildman–Crippen MR) is 81.9 cm³/mol. The number of aryl methyl sites for hydroxylation is 1. The average Bonchev–Trinajstić information content (AvgIpc) is 3.04. The van der Waals surface area contributed by atoms with Crippen molar-refractivity contribution in [1.82, 2.24) is 19.7 Å². The summed E-state index contributed by atoms with van der Waals surface area (Å²) in [6, 6.07) is 9.10. The van der Waals surface area contributed by atoms with Gasteiger partial charge in [0, 0.05) is 31.2 Å². The van der Waals surface area contributed by atoms with Crippen LogP contribution in [0.3, 0.4) is 0 Å². The molecule has 5 nitrogen and oxygen atoms in total. The van der Waals surface area contributed by atoms with Crippen molar-refractivity contribution >= 4 is 0 Å². The number of benzene rings is 1. The van der Waals surface area contributed by atoms with Crippen molar-refractivity contribution < 1.29 is 4.74 Å². The van der Waals surface area contributed by atoms with Crippen LogP contribution >= 0.6 is 0 Å². The average molecular weight is 286 g/mol. The van der Waals surface area contributed by atoms with E-state index in [2.05, 4.69) is 53.1 Å². The summed E-state index contributed by atoms with van der Waals surface area (Å²) in [4.78, 5) is 6.81. The van der Waals surface area contributed by atoms with Gasteiger partial charge in [-0.2, -0.15) is 5.10 Å². The van der Waals surface area contributed by atoms with Gasteiger partial charge < -0.3 is 4.74 Å². The van der Waals surface area contributed by atoms with Crippen molar-refractivity contribution in [3.8, 4) is 11.4 Å². The molecule has 0 saturated carbocycles. The molecule has 1 saturated heterocycles. The fraction of sp³-hybridized carbons (Fsp3) is 0.500. The van der Waals surface area contributed by atoms with Gasteiger partial charge in [-0.25, -0.2) is 9.67 Å². The summed E-state index contributed by atoms with van der Waals surface area (Å²) in [5.41, 5.74) is 2.45. The Morgan fingerprint density at radius 3 is 2.57 bits per heavy atom. The molecule has 1 aromatic carbocycles. The van der Waals surface area contributed by atoms with E-state index in [0.29, 0.717) is 6.04 Å². The van der Waals surface area contributed by atoms with E-state index in [-0.39, 0.29) is 0 Å². The topological polar surface area (TPSA) is 43.2 Å². The van der Waals surface area contributed by atoms with E-state index in [4.69, 9.17) is 4.74 Å². The maximum atomic E-state index is 5.42. The molecule has 1 aliphatic rings. The van der Waals surface area contributed by atoms with Crippen molar-refractivity contribution in [2.75, 3.05) is 26.3 Å². The third kappa shape index (κ3) is 2.99. The fourth-order valence-corrected chi connectivity index (χ4v) is 2.81. The monoisotopic (exact) mass is 286 g/mol. The van der Waals surface area contributed by atoms with E-state index in [9.17, 15) is 0 Å². The lowest BCUT2D eigenvalue weighted by Crippen LogP contribution is -2.37. The predicted octanol–water partition coefficient (Wildman–Crippen LogP) is 2.36. The maximum absolute atomic E-state index is 5.42. The van der Waals surface area contributed by atoms with Gasteiger partial charge in [-0.15, -0.1) is 0 Å². The van der Waals surface area contributed by atoms with Crippen LogP contribution < -0.4 is 0 Å². The second kappa shape index (κ2) is 6.37. The number of rotatable bonds is 4. The molecule has 0 bridgehead atoms. The molecule has 1 aromatic heterocycles. The van der Waals surface area contributed by atoms with Crippen LogP contribution in [0.15, 0.2) is 30.6 Å². The highest BCUT2D eigenvalue weighted by Crippen LogP contribution is 2.24. The zero-order valence-corrected chi connectivity index (χ0v) is 12.7. The molecule has 0 spiro atoms. The highest BCUT2D eigenvalue weighted by Gasteiger charge is 2.18. The van der Waals surface area contributed by atoms with E-state index in [1.54, 1.807) is 6.33 Å². The van der Waals surface area contributed by atoms with Crippen molar-refractivity contribution in [2.24, 2.45) is 0 Å². The van der Waals surface area contributed by atoms with Gasteiger partial charge in [0.05, 0.1) is 13.2 Å². The number of nitrogens with zero attached hydrogens (tertiary/aromatic N) is 4. The fourth-order valence-electron chi connectivity index (χ4n) is 2.81. The van der Waals surface area contributed by atoms with Crippen LogP contribution in [0.4, 0.5) is 0 Å². The van der Waals surface area contributed by atoms with E-state index in [0.717, 1.165) is 44.2 Å². The molecule has 112 valence electrons. The van der Waals surface area contributed by atoms with Crippen LogP contribution in [0.25, 0.3) is 11.4 Å². The van der Waals surface area contributed by atoms with Crippen LogP contribution in [0.2, 0.25) is 0 Å².